The smallest absolute Gasteiger partial charge is 0.259 e. The number of carbonyl (C=O) groups excluding carboxylic acids is 2. The number of likely N-dealkylation sites (N-methyl/N-ethyl adjacent to an activating group) is 1. The zero-order valence-electron chi connectivity index (χ0n) is 17.9. The molecular weight excluding hydrogens is 435 g/mol. The SMILES string of the molecule is Cc1cccc(C)c1NC(=O)CN(C)C(=O)c1c(C)nn(Cc2ccccc2Cl)c1Cl. The topological polar surface area (TPSA) is 67.2 Å². The molecule has 8 heteroatoms. The first kappa shape index (κ1) is 22.8. The third-order valence-corrected chi connectivity index (χ3v) is 5.78. The van der Waals surface area contributed by atoms with Crippen molar-refractivity contribution in [2.75, 3.05) is 18.9 Å². The molecule has 6 nitrogen and oxygen atoms in total. The molecule has 0 saturated carbocycles. The first-order chi connectivity index (χ1) is 14.7. The van der Waals surface area contributed by atoms with E-state index in [1.54, 1.807) is 20.0 Å². The molecule has 0 aliphatic heterocycles. The lowest BCUT2D eigenvalue weighted by molar-refractivity contribution is -0.116. The van der Waals surface area contributed by atoms with Crippen molar-refractivity contribution in [1.29, 1.82) is 0 Å². The molecule has 3 rings (SSSR count). The van der Waals surface area contributed by atoms with Gasteiger partial charge in [0.25, 0.3) is 5.91 Å². The quantitative estimate of drug-likeness (QED) is 0.572. The van der Waals surface area contributed by atoms with Gasteiger partial charge < -0.3 is 10.2 Å². The molecular formula is C23H24Cl2N4O2. The van der Waals surface area contributed by atoms with E-state index >= 15 is 0 Å². The van der Waals surface area contributed by atoms with Crippen LogP contribution >= 0.6 is 23.2 Å². The molecule has 0 aliphatic rings. The van der Waals surface area contributed by atoms with Crippen LogP contribution in [0.3, 0.4) is 0 Å². The zero-order valence-corrected chi connectivity index (χ0v) is 19.4. The van der Waals surface area contributed by atoms with E-state index in [4.69, 9.17) is 23.2 Å². The molecule has 2 aromatic carbocycles. The molecule has 0 aliphatic carbocycles. The summed E-state index contributed by atoms with van der Waals surface area (Å²) < 4.78 is 1.54. The van der Waals surface area contributed by atoms with E-state index in [-0.39, 0.29) is 29.1 Å². The second kappa shape index (κ2) is 9.54. The van der Waals surface area contributed by atoms with Crippen LogP contribution in [0.15, 0.2) is 42.5 Å². The minimum absolute atomic E-state index is 0.113. The molecule has 0 saturated heterocycles. The lowest BCUT2D eigenvalue weighted by Gasteiger charge is -2.18. The predicted octanol–water partition coefficient (Wildman–Crippen LogP) is 4.87. The second-order valence-corrected chi connectivity index (χ2v) is 8.24. The Morgan fingerprint density at radius 3 is 2.32 bits per heavy atom. The first-order valence-electron chi connectivity index (χ1n) is 9.77. The van der Waals surface area contributed by atoms with Gasteiger partial charge in [0.1, 0.15) is 5.15 Å². The molecule has 0 bridgehead atoms. The largest absolute Gasteiger partial charge is 0.332 e. The summed E-state index contributed by atoms with van der Waals surface area (Å²) in [4.78, 5) is 26.9. The van der Waals surface area contributed by atoms with Gasteiger partial charge in [-0.3, -0.25) is 9.59 Å². The molecule has 0 spiro atoms. The maximum Gasteiger partial charge on any atom is 0.259 e. The molecule has 31 heavy (non-hydrogen) atoms. The molecule has 0 fully saturated rings. The van der Waals surface area contributed by atoms with E-state index in [0.717, 1.165) is 22.4 Å². The number of amides is 2. The molecule has 0 atom stereocenters. The van der Waals surface area contributed by atoms with E-state index in [1.165, 1.54) is 9.58 Å². The number of anilines is 1. The lowest BCUT2D eigenvalue weighted by atomic mass is 10.1. The Labute approximate surface area is 191 Å². The number of hydrogen-bond donors (Lipinski definition) is 1. The fourth-order valence-electron chi connectivity index (χ4n) is 3.36. The molecule has 0 radical (unpaired) electrons. The van der Waals surface area contributed by atoms with Crippen molar-refractivity contribution in [2.24, 2.45) is 0 Å². The van der Waals surface area contributed by atoms with Gasteiger partial charge in [-0.2, -0.15) is 5.10 Å². The number of carbonyl (C=O) groups is 2. The van der Waals surface area contributed by atoms with Crippen LogP contribution in [0.2, 0.25) is 10.2 Å². The molecule has 3 aromatic rings. The average Bonchev–Trinajstić information content (AvgIpc) is 2.99. The Hall–Kier alpha value is -2.83. The van der Waals surface area contributed by atoms with E-state index in [1.807, 2.05) is 50.2 Å². The summed E-state index contributed by atoms with van der Waals surface area (Å²) in [7, 11) is 1.56. The summed E-state index contributed by atoms with van der Waals surface area (Å²) in [6.45, 7) is 5.79. The normalized spacial score (nSPS) is 10.8. The van der Waals surface area contributed by atoms with Crippen molar-refractivity contribution in [3.8, 4) is 0 Å². The highest BCUT2D eigenvalue weighted by atomic mass is 35.5. The van der Waals surface area contributed by atoms with Gasteiger partial charge in [0, 0.05) is 17.8 Å². The Morgan fingerprint density at radius 2 is 1.68 bits per heavy atom. The number of nitrogens with zero attached hydrogens (tertiary/aromatic N) is 3. The number of aryl methyl sites for hydroxylation is 3. The van der Waals surface area contributed by atoms with Gasteiger partial charge in [-0.25, -0.2) is 4.68 Å². The highest BCUT2D eigenvalue weighted by molar-refractivity contribution is 6.33. The number of halogens is 2. The summed E-state index contributed by atoms with van der Waals surface area (Å²) in [5, 5.41) is 8.10. The van der Waals surface area contributed by atoms with Crippen LogP contribution in [0.25, 0.3) is 0 Å². The Morgan fingerprint density at radius 1 is 1.03 bits per heavy atom. The lowest BCUT2D eigenvalue weighted by Crippen LogP contribution is -2.35. The van der Waals surface area contributed by atoms with Gasteiger partial charge in [-0.05, 0) is 43.5 Å². The summed E-state index contributed by atoms with van der Waals surface area (Å²) in [6.07, 6.45) is 0. The number of hydrogen-bond acceptors (Lipinski definition) is 3. The van der Waals surface area contributed by atoms with Crippen molar-refractivity contribution in [3.05, 3.63) is 80.6 Å². The predicted molar refractivity (Wildman–Crippen MR) is 124 cm³/mol. The maximum absolute atomic E-state index is 13.0. The van der Waals surface area contributed by atoms with E-state index in [2.05, 4.69) is 10.4 Å². The summed E-state index contributed by atoms with van der Waals surface area (Å²) in [5.74, 6) is -0.657. The van der Waals surface area contributed by atoms with Gasteiger partial charge in [-0.1, -0.05) is 59.6 Å². The van der Waals surface area contributed by atoms with Crippen LogP contribution < -0.4 is 5.32 Å². The number of nitrogens with one attached hydrogen (secondary N) is 1. The minimum Gasteiger partial charge on any atom is -0.332 e. The Balaban J connectivity index is 1.74. The average molecular weight is 459 g/mol. The standard InChI is InChI=1S/C23H24Cl2N4O2/c1-14-8-7-9-15(2)21(14)26-19(30)13-28(4)23(31)20-16(3)27-29(22(20)25)12-17-10-5-6-11-18(17)24/h5-11H,12-13H2,1-4H3,(H,26,30). The van der Waals surface area contributed by atoms with Crippen molar-refractivity contribution in [2.45, 2.75) is 27.3 Å². The highest BCUT2D eigenvalue weighted by Gasteiger charge is 2.25. The number of para-hydroxylation sites is 1. The maximum atomic E-state index is 13.0. The van der Waals surface area contributed by atoms with Crippen LogP contribution in [-0.4, -0.2) is 40.1 Å². The summed E-state index contributed by atoms with van der Waals surface area (Å²) in [5.41, 5.74) is 4.29. The van der Waals surface area contributed by atoms with Crippen LogP contribution in [-0.2, 0) is 11.3 Å². The Kier molecular flexibility index (Phi) is 7.03. The van der Waals surface area contributed by atoms with E-state index in [0.29, 0.717) is 17.3 Å². The molecule has 1 heterocycles. The van der Waals surface area contributed by atoms with E-state index in [9.17, 15) is 9.59 Å². The van der Waals surface area contributed by atoms with Crippen LogP contribution in [0, 0.1) is 20.8 Å². The minimum atomic E-state index is -0.371. The van der Waals surface area contributed by atoms with Crippen LogP contribution in [0.1, 0.15) is 32.7 Å². The molecule has 1 aromatic heterocycles. The Bertz CT molecular complexity index is 1120. The number of benzene rings is 2. The molecule has 1 N–H and O–H groups in total. The van der Waals surface area contributed by atoms with Gasteiger partial charge in [0.15, 0.2) is 0 Å². The highest BCUT2D eigenvalue weighted by Crippen LogP contribution is 2.24. The third-order valence-electron chi connectivity index (χ3n) is 5.03. The third kappa shape index (κ3) is 5.09. The fraction of sp³-hybridized carbons (Fsp3) is 0.261. The summed E-state index contributed by atoms with van der Waals surface area (Å²) >= 11 is 12.7. The van der Waals surface area contributed by atoms with Crippen molar-refractivity contribution in [1.82, 2.24) is 14.7 Å². The van der Waals surface area contributed by atoms with Crippen LogP contribution in [0.5, 0.6) is 0 Å². The van der Waals surface area contributed by atoms with Crippen molar-refractivity contribution < 1.29 is 9.59 Å². The number of rotatable bonds is 6. The van der Waals surface area contributed by atoms with Crippen molar-refractivity contribution in [3.63, 3.8) is 0 Å². The van der Waals surface area contributed by atoms with Crippen LogP contribution in [0.4, 0.5) is 5.69 Å². The fourth-order valence-corrected chi connectivity index (χ4v) is 3.87. The van der Waals surface area contributed by atoms with Gasteiger partial charge in [0.05, 0.1) is 24.3 Å². The van der Waals surface area contributed by atoms with Gasteiger partial charge in [-0.15, -0.1) is 0 Å². The van der Waals surface area contributed by atoms with Gasteiger partial charge in [0.2, 0.25) is 5.91 Å². The summed E-state index contributed by atoms with van der Waals surface area (Å²) in [6, 6.07) is 13.2. The van der Waals surface area contributed by atoms with Crippen molar-refractivity contribution >= 4 is 40.7 Å². The van der Waals surface area contributed by atoms with Gasteiger partial charge >= 0.3 is 0 Å². The number of aromatic nitrogens is 2. The molecule has 0 unspecified atom stereocenters. The monoisotopic (exact) mass is 458 g/mol. The molecule has 2 amide bonds. The first-order valence-corrected chi connectivity index (χ1v) is 10.5. The molecule has 162 valence electrons. The zero-order chi connectivity index (χ0) is 22.7. The second-order valence-electron chi connectivity index (χ2n) is 7.48. The van der Waals surface area contributed by atoms with E-state index < -0.39 is 0 Å².